The molecule has 0 aliphatic heterocycles. The maximum absolute atomic E-state index is 12.5. The molecule has 6 heteroatoms. The largest absolute Gasteiger partial charge is 0.466 e. The van der Waals surface area contributed by atoms with Crippen LogP contribution in [0.3, 0.4) is 0 Å². The number of hydrogen-bond donors (Lipinski definition) is 3. The van der Waals surface area contributed by atoms with Crippen LogP contribution in [0.15, 0.2) is 24.3 Å². The third kappa shape index (κ3) is 63.4. The highest BCUT2D eigenvalue weighted by Gasteiger charge is 2.18. The maximum Gasteiger partial charge on any atom is 0.305 e. The van der Waals surface area contributed by atoms with Gasteiger partial charge in [0.25, 0.3) is 0 Å². The van der Waals surface area contributed by atoms with E-state index in [0.717, 1.165) is 44.9 Å². The molecule has 0 aromatic rings. The number of hydrogen-bond acceptors (Lipinski definition) is 5. The molecule has 1 amide bonds. The number of amides is 1. The minimum atomic E-state index is -0.843. The van der Waals surface area contributed by atoms with Gasteiger partial charge in [-0.2, -0.15) is 0 Å². The summed E-state index contributed by atoms with van der Waals surface area (Å²) in [6.07, 6.45) is 84.0. The van der Waals surface area contributed by atoms with E-state index in [9.17, 15) is 19.8 Å². The zero-order valence-corrected chi connectivity index (χ0v) is 52.2. The van der Waals surface area contributed by atoms with Gasteiger partial charge in [-0.1, -0.05) is 346 Å². The molecule has 456 valence electrons. The fourth-order valence-electron chi connectivity index (χ4n) is 11.1. The van der Waals surface area contributed by atoms with Crippen LogP contribution >= 0.6 is 0 Å². The molecule has 3 N–H and O–H groups in total. The molecule has 0 aliphatic carbocycles. The molecule has 0 spiro atoms. The van der Waals surface area contributed by atoms with Crippen molar-refractivity contribution in [3.05, 3.63) is 24.3 Å². The predicted octanol–water partition coefficient (Wildman–Crippen LogP) is 22.5. The Morgan fingerprint density at radius 3 is 0.922 bits per heavy atom. The molecule has 6 nitrogen and oxygen atoms in total. The first kappa shape index (κ1) is 75.3. The Morgan fingerprint density at radius 2 is 0.610 bits per heavy atom. The molecule has 2 unspecified atom stereocenters. The lowest BCUT2D eigenvalue weighted by molar-refractivity contribution is -0.143. The van der Waals surface area contributed by atoms with Crippen molar-refractivity contribution in [3.8, 4) is 0 Å². The summed E-state index contributed by atoms with van der Waals surface area (Å²) in [4.78, 5) is 24.6. The number of aliphatic hydroxyl groups is 2. The fourth-order valence-corrected chi connectivity index (χ4v) is 11.1. The number of allylic oxidation sites excluding steroid dienone is 3. The highest BCUT2D eigenvalue weighted by Crippen LogP contribution is 2.19. The Labute approximate surface area is 481 Å². The number of aliphatic hydroxyl groups excluding tert-OH is 2. The first-order valence-electron chi connectivity index (χ1n) is 35.1. The summed E-state index contributed by atoms with van der Waals surface area (Å²) in [5.41, 5.74) is 0. The number of nitrogens with one attached hydrogen (secondary N) is 1. The summed E-state index contributed by atoms with van der Waals surface area (Å²) >= 11 is 0. The Morgan fingerprint density at radius 1 is 0.351 bits per heavy atom. The summed E-state index contributed by atoms with van der Waals surface area (Å²) in [6.45, 7) is 4.93. The lowest BCUT2D eigenvalue weighted by Gasteiger charge is -2.20. The van der Waals surface area contributed by atoms with Gasteiger partial charge < -0.3 is 20.3 Å². The summed E-state index contributed by atoms with van der Waals surface area (Å²) in [5, 5.41) is 23.2. The normalized spacial score (nSPS) is 12.6. The van der Waals surface area contributed by atoms with E-state index in [1.165, 1.54) is 321 Å². The Balaban J connectivity index is 3.37. The molecule has 0 rings (SSSR count). The summed E-state index contributed by atoms with van der Waals surface area (Å²) in [5.74, 6) is -0.0519. The van der Waals surface area contributed by atoms with Crippen LogP contribution in [0.5, 0.6) is 0 Å². The third-order valence-electron chi connectivity index (χ3n) is 16.5. The van der Waals surface area contributed by atoms with Gasteiger partial charge in [0.2, 0.25) is 5.91 Å². The Bertz CT molecular complexity index is 1200. The maximum atomic E-state index is 12.5. The topological polar surface area (TPSA) is 95.9 Å². The molecule has 0 saturated carbocycles. The second-order valence-electron chi connectivity index (χ2n) is 24.2. The van der Waals surface area contributed by atoms with Crippen LogP contribution in [0.25, 0.3) is 0 Å². The lowest BCUT2D eigenvalue weighted by Crippen LogP contribution is -2.45. The van der Waals surface area contributed by atoms with Gasteiger partial charge >= 0.3 is 5.97 Å². The summed E-state index contributed by atoms with van der Waals surface area (Å²) in [6, 6.07) is -0.626. The van der Waals surface area contributed by atoms with E-state index >= 15 is 0 Å². The molecule has 2 atom stereocenters. The van der Waals surface area contributed by atoms with E-state index in [0.29, 0.717) is 19.4 Å². The molecule has 0 fully saturated rings. The number of carbonyl (C=O) groups excluding carboxylic acids is 2. The van der Waals surface area contributed by atoms with Crippen molar-refractivity contribution in [3.63, 3.8) is 0 Å². The minimum absolute atomic E-state index is 0.00978. The van der Waals surface area contributed by atoms with E-state index in [1.807, 2.05) is 6.08 Å². The van der Waals surface area contributed by atoms with Crippen LogP contribution in [-0.4, -0.2) is 47.4 Å². The molecule has 77 heavy (non-hydrogen) atoms. The molecule has 0 aromatic carbocycles. The third-order valence-corrected chi connectivity index (χ3v) is 16.5. The minimum Gasteiger partial charge on any atom is -0.466 e. The van der Waals surface area contributed by atoms with E-state index in [2.05, 4.69) is 31.3 Å². The van der Waals surface area contributed by atoms with Crippen LogP contribution in [0.4, 0.5) is 0 Å². The monoisotopic (exact) mass is 1080 g/mol. The smallest absolute Gasteiger partial charge is 0.305 e. The molecule has 0 saturated heterocycles. The van der Waals surface area contributed by atoms with Crippen molar-refractivity contribution >= 4 is 11.9 Å². The van der Waals surface area contributed by atoms with Crippen LogP contribution in [0.2, 0.25) is 0 Å². The predicted molar refractivity (Wildman–Crippen MR) is 338 cm³/mol. The first-order valence-corrected chi connectivity index (χ1v) is 35.1. The number of ether oxygens (including phenoxy) is 1. The van der Waals surface area contributed by atoms with Gasteiger partial charge in [0, 0.05) is 12.8 Å². The quantitative estimate of drug-likeness (QED) is 0.0320. The Kier molecular flexibility index (Phi) is 65.4. The number of rotatable bonds is 66. The fraction of sp³-hybridized carbons (Fsp3) is 0.915. The van der Waals surface area contributed by atoms with Gasteiger partial charge in [0.15, 0.2) is 0 Å². The zero-order chi connectivity index (χ0) is 55.7. The highest BCUT2D eigenvalue weighted by atomic mass is 16.5. The second kappa shape index (κ2) is 66.8. The summed E-state index contributed by atoms with van der Waals surface area (Å²) in [7, 11) is 0. The van der Waals surface area contributed by atoms with E-state index < -0.39 is 12.1 Å². The molecular weight excluding hydrogens is 947 g/mol. The van der Waals surface area contributed by atoms with E-state index in [4.69, 9.17) is 4.74 Å². The molecule has 0 aromatic heterocycles. The van der Waals surface area contributed by atoms with Gasteiger partial charge in [-0.05, 0) is 57.8 Å². The van der Waals surface area contributed by atoms with E-state index in [1.54, 1.807) is 6.08 Å². The first-order chi connectivity index (χ1) is 38.0. The van der Waals surface area contributed by atoms with Crippen molar-refractivity contribution in [2.24, 2.45) is 0 Å². The van der Waals surface area contributed by atoms with Gasteiger partial charge in [-0.3, -0.25) is 9.59 Å². The average Bonchev–Trinajstić information content (AvgIpc) is 3.43. The Hall–Kier alpha value is -1.66. The van der Waals surface area contributed by atoms with Crippen LogP contribution in [0.1, 0.15) is 393 Å². The average molecular weight is 1080 g/mol. The molecule has 0 bridgehead atoms. The van der Waals surface area contributed by atoms with Crippen molar-refractivity contribution in [1.82, 2.24) is 5.32 Å². The molecular formula is C71H137NO5. The highest BCUT2D eigenvalue weighted by molar-refractivity contribution is 5.76. The van der Waals surface area contributed by atoms with Gasteiger partial charge in [0.1, 0.15) is 0 Å². The number of esters is 1. The van der Waals surface area contributed by atoms with Crippen LogP contribution in [-0.2, 0) is 14.3 Å². The van der Waals surface area contributed by atoms with Crippen molar-refractivity contribution < 1.29 is 24.5 Å². The number of carbonyl (C=O) groups is 2. The molecule has 0 radical (unpaired) electrons. The standard InChI is InChI=1S/C71H137NO5/c1-3-5-7-9-11-13-15-17-19-20-30-33-36-39-43-47-51-55-59-63-69(74)68(67-73)72-70(75)64-60-56-52-48-44-40-37-34-31-28-26-24-22-21-23-25-27-29-32-35-38-42-46-50-54-58-62-66-77-71(76)65-61-57-53-49-45-41-18-16-14-12-10-8-6-4-2/h16,18,59,63,68-69,73-74H,3-15,17,19-58,60-62,64-67H2,1-2H3,(H,72,75)/b18-16-,63-59+. The van der Waals surface area contributed by atoms with Gasteiger partial charge in [-0.25, -0.2) is 0 Å². The number of unbranched alkanes of at least 4 members (excludes halogenated alkanes) is 53. The van der Waals surface area contributed by atoms with E-state index in [-0.39, 0.29) is 18.5 Å². The van der Waals surface area contributed by atoms with Gasteiger partial charge in [0.05, 0.1) is 25.4 Å². The van der Waals surface area contributed by atoms with Crippen molar-refractivity contribution in [2.45, 2.75) is 405 Å². The molecule has 0 aliphatic rings. The lowest BCUT2D eigenvalue weighted by atomic mass is 10.0. The van der Waals surface area contributed by atoms with Crippen molar-refractivity contribution in [2.75, 3.05) is 13.2 Å². The molecule has 0 heterocycles. The van der Waals surface area contributed by atoms with Crippen molar-refractivity contribution in [1.29, 1.82) is 0 Å². The summed E-state index contributed by atoms with van der Waals surface area (Å²) < 4.78 is 5.49. The SMILES string of the molecule is CCCCCCC/C=C\CCCCCCCC(=O)OCCCCCCCCCCCCCCCCCCCCCCCCCCCCCC(=O)NC(CO)C(O)/C=C/CCCCCCCCCCCCCCCCCCC. The van der Waals surface area contributed by atoms with Gasteiger partial charge in [-0.15, -0.1) is 0 Å². The second-order valence-corrected chi connectivity index (χ2v) is 24.2. The van der Waals surface area contributed by atoms with Crippen LogP contribution < -0.4 is 5.32 Å². The zero-order valence-electron chi connectivity index (χ0n) is 52.2. The van der Waals surface area contributed by atoms with Crippen LogP contribution in [0, 0.1) is 0 Å².